The van der Waals surface area contributed by atoms with Gasteiger partial charge in [0.2, 0.25) is 0 Å². The van der Waals surface area contributed by atoms with Gasteiger partial charge in [-0.05, 0) is 23.8 Å². The Hall–Kier alpha value is -1.12. The van der Waals surface area contributed by atoms with E-state index in [4.69, 9.17) is 4.74 Å². The van der Waals surface area contributed by atoms with Crippen LogP contribution < -0.4 is 4.74 Å². The first-order chi connectivity index (χ1) is 7.04. The number of hydrogen-bond acceptors (Lipinski definition) is 3. The summed E-state index contributed by atoms with van der Waals surface area (Å²) in [5.74, 6) is 1.06. The van der Waals surface area contributed by atoms with Crippen LogP contribution in [0.2, 0.25) is 0 Å². The van der Waals surface area contributed by atoms with E-state index in [1.165, 1.54) is 5.56 Å². The summed E-state index contributed by atoms with van der Waals surface area (Å²) in [4.78, 5) is 8.57. The average molecular weight is 208 g/mol. The van der Waals surface area contributed by atoms with Crippen LogP contribution in [0.3, 0.4) is 0 Å². The Labute approximate surface area is 91.9 Å². The van der Waals surface area contributed by atoms with Crippen LogP contribution in [-0.2, 0) is 6.42 Å². The maximum absolute atomic E-state index is 5.05. The highest BCUT2D eigenvalue weighted by molar-refractivity contribution is 5.22. The van der Waals surface area contributed by atoms with Crippen molar-refractivity contribution in [3.63, 3.8) is 0 Å². The van der Waals surface area contributed by atoms with Gasteiger partial charge in [-0.3, -0.25) is 0 Å². The first-order valence-corrected chi connectivity index (χ1v) is 5.44. The minimum Gasteiger partial charge on any atom is -0.467 e. The predicted molar refractivity (Wildman–Crippen MR) is 61.2 cm³/mol. The van der Waals surface area contributed by atoms with Crippen molar-refractivity contribution in [1.29, 1.82) is 0 Å². The smallest absolute Gasteiger partial charge is 0.316 e. The van der Waals surface area contributed by atoms with Crippen molar-refractivity contribution in [3.8, 4) is 6.01 Å². The van der Waals surface area contributed by atoms with Crippen LogP contribution in [0.1, 0.15) is 44.9 Å². The van der Waals surface area contributed by atoms with Crippen molar-refractivity contribution in [1.82, 2.24) is 9.97 Å². The second-order valence-electron chi connectivity index (χ2n) is 4.51. The Kier molecular flexibility index (Phi) is 4.06. The molecule has 0 unspecified atom stereocenters. The second-order valence-corrected chi connectivity index (χ2v) is 4.51. The van der Waals surface area contributed by atoms with E-state index in [-0.39, 0.29) is 0 Å². The van der Waals surface area contributed by atoms with Crippen LogP contribution in [-0.4, -0.2) is 17.1 Å². The molecule has 0 amide bonds. The number of rotatable bonds is 4. The highest BCUT2D eigenvalue weighted by atomic mass is 16.5. The van der Waals surface area contributed by atoms with E-state index in [9.17, 15) is 0 Å². The Morgan fingerprint density at radius 3 is 2.40 bits per heavy atom. The summed E-state index contributed by atoms with van der Waals surface area (Å²) in [6.07, 6.45) is 2.86. The summed E-state index contributed by atoms with van der Waals surface area (Å²) < 4.78 is 5.05. The van der Waals surface area contributed by atoms with Gasteiger partial charge in [0.25, 0.3) is 0 Å². The van der Waals surface area contributed by atoms with E-state index in [1.54, 1.807) is 7.11 Å². The molecule has 0 aromatic carbocycles. The number of ether oxygens (including phenoxy) is 1. The number of nitrogens with zero attached hydrogens (tertiary/aromatic N) is 2. The number of methoxy groups -OCH3 is 1. The van der Waals surface area contributed by atoms with Crippen LogP contribution >= 0.6 is 0 Å². The van der Waals surface area contributed by atoms with Crippen LogP contribution in [0.15, 0.2) is 6.20 Å². The molecule has 0 bridgehead atoms. The van der Waals surface area contributed by atoms with Gasteiger partial charge in [0.05, 0.1) is 12.8 Å². The van der Waals surface area contributed by atoms with Gasteiger partial charge < -0.3 is 4.74 Å². The zero-order chi connectivity index (χ0) is 11.4. The van der Waals surface area contributed by atoms with Gasteiger partial charge in [0.1, 0.15) is 0 Å². The largest absolute Gasteiger partial charge is 0.467 e. The fourth-order valence-electron chi connectivity index (χ4n) is 1.54. The molecule has 3 heteroatoms. The molecule has 84 valence electrons. The van der Waals surface area contributed by atoms with Crippen LogP contribution in [0.5, 0.6) is 6.01 Å². The fourth-order valence-corrected chi connectivity index (χ4v) is 1.54. The predicted octanol–water partition coefficient (Wildman–Crippen LogP) is 2.81. The zero-order valence-corrected chi connectivity index (χ0v) is 10.2. The van der Waals surface area contributed by atoms with E-state index >= 15 is 0 Å². The Bertz CT molecular complexity index is 321. The normalized spacial score (nSPS) is 11.1. The lowest BCUT2D eigenvalue weighted by atomic mass is 9.98. The molecule has 1 aromatic rings. The summed E-state index contributed by atoms with van der Waals surface area (Å²) in [6, 6.07) is 0.468. The van der Waals surface area contributed by atoms with Gasteiger partial charge in [-0.25, -0.2) is 4.98 Å². The first kappa shape index (κ1) is 12.0. The summed E-state index contributed by atoms with van der Waals surface area (Å²) in [5, 5.41) is 0. The molecule has 1 rings (SSSR count). The highest BCUT2D eigenvalue weighted by Crippen LogP contribution is 2.21. The molecule has 1 heterocycles. The molecular weight excluding hydrogens is 188 g/mol. The summed E-state index contributed by atoms with van der Waals surface area (Å²) in [5.41, 5.74) is 2.34. The fraction of sp³-hybridized carbons (Fsp3) is 0.667. The second kappa shape index (κ2) is 5.10. The lowest BCUT2D eigenvalue weighted by molar-refractivity contribution is 0.376. The van der Waals surface area contributed by atoms with E-state index in [2.05, 4.69) is 37.7 Å². The van der Waals surface area contributed by atoms with Gasteiger partial charge in [-0.15, -0.1) is 0 Å². The molecule has 0 N–H and O–H groups in total. The van der Waals surface area contributed by atoms with E-state index in [0.717, 1.165) is 12.1 Å². The molecule has 0 saturated carbocycles. The quantitative estimate of drug-likeness (QED) is 0.763. The van der Waals surface area contributed by atoms with Crippen molar-refractivity contribution in [2.45, 2.75) is 40.0 Å². The van der Waals surface area contributed by atoms with E-state index in [1.807, 2.05) is 6.20 Å². The minimum atomic E-state index is 0.463. The zero-order valence-electron chi connectivity index (χ0n) is 10.2. The topological polar surface area (TPSA) is 35.0 Å². The van der Waals surface area contributed by atoms with Gasteiger partial charge in [0, 0.05) is 6.20 Å². The summed E-state index contributed by atoms with van der Waals surface area (Å²) in [7, 11) is 1.60. The van der Waals surface area contributed by atoms with Crippen LogP contribution in [0.4, 0.5) is 0 Å². The minimum absolute atomic E-state index is 0.463. The Balaban J connectivity index is 3.05. The van der Waals surface area contributed by atoms with Gasteiger partial charge >= 0.3 is 6.01 Å². The molecule has 0 aliphatic rings. The highest BCUT2D eigenvalue weighted by Gasteiger charge is 2.11. The van der Waals surface area contributed by atoms with Gasteiger partial charge in [0.15, 0.2) is 0 Å². The molecule has 0 aliphatic carbocycles. The van der Waals surface area contributed by atoms with E-state index in [0.29, 0.717) is 17.8 Å². The maximum Gasteiger partial charge on any atom is 0.316 e. The van der Waals surface area contributed by atoms with Crippen molar-refractivity contribution in [3.05, 3.63) is 17.5 Å². The molecule has 0 radical (unpaired) electrons. The van der Waals surface area contributed by atoms with Gasteiger partial charge in [-0.1, -0.05) is 27.7 Å². The van der Waals surface area contributed by atoms with Gasteiger partial charge in [-0.2, -0.15) is 4.98 Å². The van der Waals surface area contributed by atoms with Crippen molar-refractivity contribution < 1.29 is 4.74 Å². The lowest BCUT2D eigenvalue weighted by Crippen LogP contribution is -2.06. The number of hydrogen-bond donors (Lipinski definition) is 0. The summed E-state index contributed by atoms with van der Waals surface area (Å²) >= 11 is 0. The van der Waals surface area contributed by atoms with Crippen LogP contribution in [0.25, 0.3) is 0 Å². The first-order valence-electron chi connectivity index (χ1n) is 5.44. The Morgan fingerprint density at radius 1 is 1.27 bits per heavy atom. The van der Waals surface area contributed by atoms with Crippen molar-refractivity contribution in [2.75, 3.05) is 7.11 Å². The van der Waals surface area contributed by atoms with Crippen LogP contribution in [0, 0.1) is 5.92 Å². The molecule has 15 heavy (non-hydrogen) atoms. The SMILES string of the molecule is COc1ncc(C(C)C)c(CC(C)C)n1. The standard InChI is InChI=1S/C12H20N2O/c1-8(2)6-11-10(9(3)4)7-13-12(14-11)15-5/h7-9H,6H2,1-5H3. The third-order valence-electron chi connectivity index (χ3n) is 2.28. The molecule has 0 atom stereocenters. The van der Waals surface area contributed by atoms with Crippen molar-refractivity contribution in [2.24, 2.45) is 5.92 Å². The van der Waals surface area contributed by atoms with Crippen molar-refractivity contribution >= 4 is 0 Å². The average Bonchev–Trinajstić information content (AvgIpc) is 2.16. The third-order valence-corrected chi connectivity index (χ3v) is 2.28. The summed E-state index contributed by atoms with van der Waals surface area (Å²) in [6.45, 7) is 8.71. The molecule has 0 aliphatic heterocycles. The molecule has 0 saturated heterocycles. The molecule has 0 fully saturated rings. The maximum atomic E-state index is 5.05. The lowest BCUT2D eigenvalue weighted by Gasteiger charge is -2.13. The Morgan fingerprint density at radius 2 is 1.93 bits per heavy atom. The molecule has 1 aromatic heterocycles. The third kappa shape index (κ3) is 3.18. The molecular formula is C12H20N2O. The molecule has 0 spiro atoms. The monoisotopic (exact) mass is 208 g/mol. The van der Waals surface area contributed by atoms with E-state index < -0.39 is 0 Å². The number of aromatic nitrogens is 2. The molecule has 3 nitrogen and oxygen atoms in total.